The van der Waals surface area contributed by atoms with Crippen LogP contribution in [0.5, 0.6) is 0 Å². The highest BCUT2D eigenvalue weighted by Gasteiger charge is 2.31. The van der Waals surface area contributed by atoms with Gasteiger partial charge in [-0.1, -0.05) is 6.07 Å². The largest absolute Gasteiger partial charge is 0.319 e. The van der Waals surface area contributed by atoms with Gasteiger partial charge in [0.2, 0.25) is 5.91 Å². The Morgan fingerprint density at radius 1 is 1.24 bits per heavy atom. The second-order valence-corrected chi connectivity index (χ2v) is 9.18. The molecule has 0 saturated heterocycles. The van der Waals surface area contributed by atoms with E-state index < -0.39 is 4.92 Å². The monoisotopic (exact) mass is 427 g/mol. The summed E-state index contributed by atoms with van der Waals surface area (Å²) in [7, 11) is 0. The fourth-order valence-corrected chi connectivity index (χ4v) is 5.53. The highest BCUT2D eigenvalue weighted by Crippen LogP contribution is 2.39. The van der Waals surface area contributed by atoms with Crippen LogP contribution in [0.3, 0.4) is 0 Å². The zero-order valence-corrected chi connectivity index (χ0v) is 17.8. The Kier molecular flexibility index (Phi) is 5.49. The van der Waals surface area contributed by atoms with Crippen LogP contribution in [0.15, 0.2) is 41.1 Å². The molecule has 6 nitrogen and oxygen atoms in total. The molecule has 0 spiro atoms. The van der Waals surface area contributed by atoms with Crippen molar-refractivity contribution in [2.24, 2.45) is 0 Å². The third-order valence-electron chi connectivity index (χ3n) is 5.31. The van der Waals surface area contributed by atoms with Crippen molar-refractivity contribution >= 4 is 40.0 Å². The zero-order chi connectivity index (χ0) is 20.5. The lowest BCUT2D eigenvalue weighted by Gasteiger charge is -2.34. The lowest BCUT2D eigenvalue weighted by atomic mass is 9.98. The number of anilines is 1. The maximum atomic E-state index is 12.8. The topological polar surface area (TPSA) is 75.5 Å². The summed E-state index contributed by atoms with van der Waals surface area (Å²) in [6.07, 6.45) is 0.909. The predicted molar refractivity (Wildman–Crippen MR) is 117 cm³/mol. The van der Waals surface area contributed by atoms with Gasteiger partial charge in [-0.05, 0) is 65.9 Å². The van der Waals surface area contributed by atoms with Crippen molar-refractivity contribution in [1.29, 1.82) is 0 Å². The fourth-order valence-electron chi connectivity index (χ4n) is 3.75. The minimum atomic E-state index is -0.449. The molecule has 4 rings (SSSR count). The van der Waals surface area contributed by atoms with Gasteiger partial charge in [-0.2, -0.15) is 0 Å². The van der Waals surface area contributed by atoms with Crippen molar-refractivity contribution in [2.75, 3.05) is 18.4 Å². The van der Waals surface area contributed by atoms with Crippen molar-refractivity contribution in [2.45, 2.75) is 26.3 Å². The minimum absolute atomic E-state index is 0.0467. The lowest BCUT2D eigenvalue weighted by Crippen LogP contribution is -2.40. The van der Waals surface area contributed by atoms with Gasteiger partial charge < -0.3 is 5.32 Å². The first-order valence-electron chi connectivity index (χ1n) is 9.33. The zero-order valence-electron chi connectivity index (χ0n) is 16.2. The Morgan fingerprint density at radius 3 is 2.76 bits per heavy atom. The van der Waals surface area contributed by atoms with Crippen LogP contribution in [0, 0.1) is 24.0 Å². The van der Waals surface area contributed by atoms with Gasteiger partial charge in [0, 0.05) is 22.4 Å². The molecule has 1 aliphatic rings. The molecule has 3 heterocycles. The second-order valence-electron chi connectivity index (χ2n) is 7.20. The average molecular weight is 428 g/mol. The number of nitrogens with one attached hydrogen (secondary N) is 1. The molecule has 0 radical (unpaired) electrons. The van der Waals surface area contributed by atoms with E-state index in [9.17, 15) is 14.9 Å². The van der Waals surface area contributed by atoms with Crippen LogP contribution in [0.2, 0.25) is 0 Å². The summed E-state index contributed by atoms with van der Waals surface area (Å²) in [5.41, 5.74) is 3.17. The Labute approximate surface area is 176 Å². The molecular formula is C21H21N3O3S2. The number of benzene rings is 1. The molecule has 8 heteroatoms. The fraction of sp³-hybridized carbons (Fsp3) is 0.286. The molecule has 0 bridgehead atoms. The number of nitro groups is 1. The molecular weight excluding hydrogens is 406 g/mol. The molecule has 1 aliphatic heterocycles. The van der Waals surface area contributed by atoms with E-state index in [1.54, 1.807) is 28.7 Å². The number of fused-ring (bicyclic) bond motifs is 1. The summed E-state index contributed by atoms with van der Waals surface area (Å²) < 4.78 is 0. The molecule has 1 amide bonds. The Balaban J connectivity index is 1.57. The highest BCUT2D eigenvalue weighted by molar-refractivity contribution is 7.10. The van der Waals surface area contributed by atoms with Gasteiger partial charge in [0.15, 0.2) is 0 Å². The quantitative estimate of drug-likeness (QED) is 0.463. The molecule has 0 aliphatic carbocycles. The van der Waals surface area contributed by atoms with E-state index in [0.29, 0.717) is 0 Å². The first kappa shape index (κ1) is 19.8. The van der Waals surface area contributed by atoms with Gasteiger partial charge >= 0.3 is 0 Å². The molecule has 150 valence electrons. The number of carbonyl (C=O) groups is 1. The van der Waals surface area contributed by atoms with Gasteiger partial charge in [-0.3, -0.25) is 19.8 Å². The van der Waals surface area contributed by atoms with Gasteiger partial charge in [0.1, 0.15) is 5.69 Å². The van der Waals surface area contributed by atoms with Gasteiger partial charge in [0.25, 0.3) is 5.69 Å². The van der Waals surface area contributed by atoms with Crippen LogP contribution in [0.1, 0.15) is 32.5 Å². The van der Waals surface area contributed by atoms with Crippen LogP contribution < -0.4 is 5.32 Å². The van der Waals surface area contributed by atoms with Gasteiger partial charge in [0.05, 0.1) is 17.5 Å². The molecule has 2 aromatic heterocycles. The van der Waals surface area contributed by atoms with E-state index in [4.69, 9.17) is 0 Å². The summed E-state index contributed by atoms with van der Waals surface area (Å²) in [5, 5.41) is 18.3. The molecule has 3 aromatic rings. The normalized spacial score (nSPS) is 16.4. The Morgan fingerprint density at radius 2 is 2.03 bits per heavy atom. The standard InChI is InChI=1S/C21H21N3O3S2/c1-13-10-16(17(24(26)27)11-14(13)2)22-20(25)12-23-7-5-18-15(6-9-29-18)21(23)19-4-3-8-28-19/h3-4,6,8-11,21H,5,7,12H2,1-2H3,(H,22,25). The third-order valence-corrected chi connectivity index (χ3v) is 7.23. The summed E-state index contributed by atoms with van der Waals surface area (Å²) in [5.74, 6) is -0.239. The number of nitro benzene ring substituents is 1. The first-order chi connectivity index (χ1) is 13.9. The van der Waals surface area contributed by atoms with E-state index in [-0.39, 0.29) is 29.9 Å². The molecule has 1 atom stereocenters. The third kappa shape index (κ3) is 3.96. The van der Waals surface area contributed by atoms with E-state index in [1.807, 2.05) is 25.3 Å². The summed E-state index contributed by atoms with van der Waals surface area (Å²) in [6, 6.07) is 9.50. The van der Waals surface area contributed by atoms with Crippen LogP contribution in [-0.2, 0) is 11.2 Å². The SMILES string of the molecule is Cc1cc(NC(=O)CN2CCc3sccc3C2c2cccs2)c([N+](=O)[O-])cc1C. The van der Waals surface area contributed by atoms with E-state index in [0.717, 1.165) is 24.1 Å². The molecule has 29 heavy (non-hydrogen) atoms. The van der Waals surface area contributed by atoms with E-state index in [1.165, 1.54) is 21.4 Å². The lowest BCUT2D eigenvalue weighted by molar-refractivity contribution is -0.384. The minimum Gasteiger partial charge on any atom is -0.319 e. The van der Waals surface area contributed by atoms with Crippen LogP contribution >= 0.6 is 22.7 Å². The van der Waals surface area contributed by atoms with Crippen molar-refractivity contribution in [1.82, 2.24) is 4.90 Å². The maximum Gasteiger partial charge on any atom is 0.293 e. The first-order valence-corrected chi connectivity index (χ1v) is 11.1. The number of carbonyl (C=O) groups excluding carboxylic acids is 1. The predicted octanol–water partition coefficient (Wildman–Crippen LogP) is 4.92. The van der Waals surface area contributed by atoms with Crippen molar-refractivity contribution in [3.63, 3.8) is 0 Å². The van der Waals surface area contributed by atoms with Crippen LogP contribution in [0.4, 0.5) is 11.4 Å². The van der Waals surface area contributed by atoms with Crippen molar-refractivity contribution < 1.29 is 9.72 Å². The molecule has 0 saturated carbocycles. The molecule has 0 fully saturated rings. The van der Waals surface area contributed by atoms with Crippen molar-refractivity contribution in [3.05, 3.63) is 77.7 Å². The summed E-state index contributed by atoms with van der Waals surface area (Å²) in [6.45, 7) is 4.66. The Bertz CT molecular complexity index is 1060. The number of rotatable bonds is 5. The number of hydrogen-bond donors (Lipinski definition) is 1. The van der Waals surface area contributed by atoms with Crippen LogP contribution in [-0.4, -0.2) is 28.8 Å². The number of amides is 1. The molecule has 1 unspecified atom stereocenters. The van der Waals surface area contributed by atoms with Crippen molar-refractivity contribution in [3.8, 4) is 0 Å². The van der Waals surface area contributed by atoms with E-state index in [2.05, 4.69) is 27.7 Å². The maximum absolute atomic E-state index is 12.8. The molecule has 1 aromatic carbocycles. The van der Waals surface area contributed by atoms with Crippen LogP contribution in [0.25, 0.3) is 0 Å². The highest BCUT2D eigenvalue weighted by atomic mass is 32.1. The molecule has 1 N–H and O–H groups in total. The number of aryl methyl sites for hydroxylation is 2. The van der Waals surface area contributed by atoms with Gasteiger partial charge in [-0.25, -0.2) is 0 Å². The van der Waals surface area contributed by atoms with E-state index >= 15 is 0 Å². The summed E-state index contributed by atoms with van der Waals surface area (Å²) >= 11 is 3.44. The van der Waals surface area contributed by atoms with Gasteiger partial charge in [-0.15, -0.1) is 22.7 Å². The Hall–Kier alpha value is -2.55. The number of thiophene rings is 2. The smallest absolute Gasteiger partial charge is 0.293 e. The second kappa shape index (κ2) is 8.06. The number of hydrogen-bond acceptors (Lipinski definition) is 6. The summed E-state index contributed by atoms with van der Waals surface area (Å²) in [4.78, 5) is 28.5. The number of nitrogens with zero attached hydrogens (tertiary/aromatic N) is 2. The average Bonchev–Trinajstić information content (AvgIpc) is 3.35.